The van der Waals surface area contributed by atoms with Gasteiger partial charge in [-0.2, -0.15) is 13.2 Å². The summed E-state index contributed by atoms with van der Waals surface area (Å²) in [5, 5.41) is 8.55. The number of aromatic carboxylic acids is 1. The summed E-state index contributed by atoms with van der Waals surface area (Å²) in [6, 6.07) is 2.35. The molecule has 3 N–H and O–H groups in total. The van der Waals surface area contributed by atoms with Crippen LogP contribution in [0.3, 0.4) is 0 Å². The average molecular weight is 488 g/mol. The molecule has 182 valence electrons. The predicted octanol–water partition coefficient (Wildman–Crippen LogP) is 7.05. The molecule has 0 aliphatic heterocycles. The van der Waals surface area contributed by atoms with Gasteiger partial charge >= 0.3 is 12.1 Å². The zero-order chi connectivity index (χ0) is 24.4. The van der Waals surface area contributed by atoms with Crippen molar-refractivity contribution in [3.05, 3.63) is 47.3 Å². The molecule has 6 nitrogen and oxygen atoms in total. The standard InChI is InChI=1S/C13H6ClF3N2O3.C10H23N/c14-10-9(12(20)21)18-11-8(13(15,16)17)3-7(4-19(10)11)6-1-2-22-5-6;1-2-3-4-5-6-7-8-9-10-11/h1-5H,(H,20,21);2-11H2,1H3. The Morgan fingerprint density at radius 1 is 1.15 bits per heavy atom. The molecular weight excluding hydrogens is 459 g/mol. The zero-order valence-electron chi connectivity index (χ0n) is 18.5. The number of furan rings is 1. The van der Waals surface area contributed by atoms with Crippen LogP contribution in [0.25, 0.3) is 16.8 Å². The molecule has 0 aliphatic rings. The van der Waals surface area contributed by atoms with Gasteiger partial charge in [-0.1, -0.05) is 63.5 Å². The highest BCUT2D eigenvalue weighted by Crippen LogP contribution is 2.37. The maximum atomic E-state index is 13.2. The van der Waals surface area contributed by atoms with E-state index >= 15 is 0 Å². The van der Waals surface area contributed by atoms with Gasteiger partial charge in [0.05, 0.1) is 18.1 Å². The molecule has 0 aliphatic carbocycles. The number of aromatic nitrogens is 2. The summed E-state index contributed by atoms with van der Waals surface area (Å²) >= 11 is 5.84. The van der Waals surface area contributed by atoms with E-state index in [1.165, 1.54) is 76.2 Å². The number of carboxylic acid groups (broad SMARTS) is 1. The van der Waals surface area contributed by atoms with Crippen LogP contribution in [0.1, 0.15) is 74.3 Å². The minimum atomic E-state index is -4.72. The van der Waals surface area contributed by atoms with Crippen LogP contribution in [0.4, 0.5) is 13.2 Å². The molecule has 0 spiro atoms. The van der Waals surface area contributed by atoms with Crippen molar-refractivity contribution >= 4 is 23.2 Å². The van der Waals surface area contributed by atoms with Crippen LogP contribution in [-0.4, -0.2) is 27.0 Å². The van der Waals surface area contributed by atoms with Gasteiger partial charge in [-0.05, 0) is 25.1 Å². The van der Waals surface area contributed by atoms with E-state index < -0.39 is 34.2 Å². The third-order valence-corrected chi connectivity index (χ3v) is 5.44. The van der Waals surface area contributed by atoms with Gasteiger partial charge in [0.1, 0.15) is 5.15 Å². The number of rotatable bonds is 10. The van der Waals surface area contributed by atoms with Gasteiger partial charge in [-0.25, -0.2) is 9.78 Å². The van der Waals surface area contributed by atoms with Crippen LogP contribution in [0.15, 0.2) is 35.3 Å². The summed E-state index contributed by atoms with van der Waals surface area (Å²) in [6.45, 7) is 3.13. The smallest absolute Gasteiger partial charge is 0.420 e. The Labute approximate surface area is 195 Å². The third-order valence-electron chi connectivity index (χ3n) is 5.08. The second-order valence-electron chi connectivity index (χ2n) is 7.67. The van der Waals surface area contributed by atoms with Gasteiger partial charge < -0.3 is 15.3 Å². The molecule has 3 aromatic rings. The SMILES string of the molecule is CCCCCCCCCCN.O=C(O)c1nc2c(C(F)(F)F)cc(-c3ccoc3)cn2c1Cl. The fourth-order valence-electron chi connectivity index (χ4n) is 3.33. The fourth-order valence-corrected chi connectivity index (χ4v) is 3.58. The van der Waals surface area contributed by atoms with Crippen LogP contribution >= 0.6 is 11.6 Å². The highest BCUT2D eigenvalue weighted by Gasteiger charge is 2.36. The summed E-state index contributed by atoms with van der Waals surface area (Å²) in [5.41, 5.74) is 3.67. The largest absolute Gasteiger partial charge is 0.476 e. The van der Waals surface area contributed by atoms with Gasteiger partial charge in [0, 0.05) is 17.3 Å². The zero-order valence-corrected chi connectivity index (χ0v) is 19.3. The van der Waals surface area contributed by atoms with Crippen molar-refractivity contribution in [2.24, 2.45) is 5.73 Å². The van der Waals surface area contributed by atoms with E-state index in [9.17, 15) is 18.0 Å². The number of nitrogens with zero attached hydrogens (tertiary/aromatic N) is 2. The number of fused-ring (bicyclic) bond motifs is 1. The molecule has 0 aromatic carbocycles. The highest BCUT2D eigenvalue weighted by molar-refractivity contribution is 6.32. The van der Waals surface area contributed by atoms with Crippen molar-refractivity contribution in [1.82, 2.24) is 9.38 Å². The van der Waals surface area contributed by atoms with Crippen molar-refractivity contribution in [2.75, 3.05) is 6.54 Å². The molecule has 3 heterocycles. The van der Waals surface area contributed by atoms with Crippen molar-refractivity contribution in [3.8, 4) is 11.1 Å². The summed E-state index contributed by atoms with van der Waals surface area (Å²) in [6.07, 6.45) is 10.1. The maximum Gasteiger partial charge on any atom is 0.420 e. The van der Waals surface area contributed by atoms with Crippen LogP contribution in [-0.2, 0) is 6.18 Å². The van der Waals surface area contributed by atoms with Crippen molar-refractivity contribution < 1.29 is 27.5 Å². The summed E-state index contributed by atoms with van der Waals surface area (Å²) in [4.78, 5) is 14.5. The van der Waals surface area contributed by atoms with E-state index in [2.05, 4.69) is 11.9 Å². The summed E-state index contributed by atoms with van der Waals surface area (Å²) < 4.78 is 45.4. The quantitative estimate of drug-likeness (QED) is 0.299. The maximum absolute atomic E-state index is 13.2. The molecule has 0 radical (unpaired) electrons. The van der Waals surface area contributed by atoms with E-state index in [1.54, 1.807) is 0 Å². The first-order valence-corrected chi connectivity index (χ1v) is 11.3. The molecule has 0 amide bonds. The average Bonchev–Trinajstić information content (AvgIpc) is 3.41. The number of pyridine rings is 1. The highest BCUT2D eigenvalue weighted by atomic mass is 35.5. The Balaban J connectivity index is 0.000000299. The molecule has 0 bridgehead atoms. The van der Waals surface area contributed by atoms with Crippen LogP contribution < -0.4 is 5.73 Å². The van der Waals surface area contributed by atoms with Gasteiger partial charge in [-0.15, -0.1) is 0 Å². The van der Waals surface area contributed by atoms with Crippen LogP contribution in [0, 0.1) is 0 Å². The lowest BCUT2D eigenvalue weighted by molar-refractivity contribution is -0.136. The number of unbranched alkanes of at least 4 members (excludes halogenated alkanes) is 7. The predicted molar refractivity (Wildman–Crippen MR) is 122 cm³/mol. The Bertz CT molecular complexity index is 1010. The van der Waals surface area contributed by atoms with Crippen molar-refractivity contribution in [1.29, 1.82) is 0 Å². The van der Waals surface area contributed by atoms with Crippen molar-refractivity contribution in [3.63, 3.8) is 0 Å². The van der Waals surface area contributed by atoms with E-state index in [0.29, 0.717) is 5.56 Å². The molecule has 0 saturated carbocycles. The molecule has 33 heavy (non-hydrogen) atoms. The second kappa shape index (κ2) is 12.6. The Hall–Kier alpha value is -2.52. The number of alkyl halides is 3. The molecular formula is C23H29ClF3N3O3. The molecule has 3 rings (SSSR count). The van der Waals surface area contributed by atoms with Crippen LogP contribution in [0.2, 0.25) is 5.15 Å². The van der Waals surface area contributed by atoms with Gasteiger partial charge in [0.15, 0.2) is 11.3 Å². The van der Waals surface area contributed by atoms with E-state index in [-0.39, 0.29) is 5.56 Å². The topological polar surface area (TPSA) is 93.8 Å². The molecule has 0 atom stereocenters. The number of hydrogen-bond acceptors (Lipinski definition) is 4. The number of carbonyl (C=O) groups is 1. The third kappa shape index (κ3) is 7.50. The molecule has 3 aromatic heterocycles. The number of imidazole rings is 1. The summed E-state index contributed by atoms with van der Waals surface area (Å²) in [5.74, 6) is -1.51. The minimum Gasteiger partial charge on any atom is -0.476 e. The normalized spacial score (nSPS) is 11.5. The van der Waals surface area contributed by atoms with E-state index in [1.807, 2.05) is 0 Å². The molecule has 0 unspecified atom stereocenters. The first kappa shape index (κ1) is 26.7. The molecule has 10 heteroatoms. The summed E-state index contributed by atoms with van der Waals surface area (Å²) in [7, 11) is 0. The van der Waals surface area contributed by atoms with Crippen molar-refractivity contribution in [2.45, 2.75) is 64.5 Å². The number of nitrogens with two attached hydrogens (primary N) is 1. The Morgan fingerprint density at radius 3 is 2.30 bits per heavy atom. The Morgan fingerprint density at radius 2 is 1.79 bits per heavy atom. The number of halogens is 4. The number of hydrogen-bond donors (Lipinski definition) is 2. The van der Waals surface area contributed by atoms with Gasteiger partial charge in [-0.3, -0.25) is 4.40 Å². The molecule has 0 fully saturated rings. The van der Waals surface area contributed by atoms with E-state index in [0.717, 1.165) is 17.0 Å². The minimum absolute atomic E-state index is 0.171. The van der Waals surface area contributed by atoms with Crippen LogP contribution in [0.5, 0.6) is 0 Å². The lowest BCUT2D eigenvalue weighted by Crippen LogP contribution is -2.08. The lowest BCUT2D eigenvalue weighted by atomic mass is 10.1. The fraction of sp³-hybridized carbons (Fsp3) is 0.478. The van der Waals surface area contributed by atoms with Gasteiger partial charge in [0.2, 0.25) is 0 Å². The monoisotopic (exact) mass is 487 g/mol. The first-order valence-electron chi connectivity index (χ1n) is 10.9. The van der Waals surface area contributed by atoms with Gasteiger partial charge in [0.25, 0.3) is 0 Å². The number of carboxylic acids is 1. The lowest BCUT2D eigenvalue weighted by Gasteiger charge is -2.10. The first-order chi connectivity index (χ1) is 15.7. The molecule has 0 saturated heterocycles. The second-order valence-corrected chi connectivity index (χ2v) is 8.02. The van der Waals surface area contributed by atoms with E-state index in [4.69, 9.17) is 26.9 Å². The Kier molecular flexibility index (Phi) is 10.2.